The molecule has 8 heteroatoms. The van der Waals surface area contributed by atoms with Crippen molar-refractivity contribution in [2.75, 3.05) is 32.7 Å². The normalized spacial score (nSPS) is 16.7. The van der Waals surface area contributed by atoms with Gasteiger partial charge in [-0.2, -0.15) is 0 Å². The number of aromatic nitrogens is 1. The number of benzene rings is 2. The smallest absolute Gasteiger partial charge is 0.240 e. The van der Waals surface area contributed by atoms with E-state index in [1.807, 2.05) is 24.4 Å². The van der Waals surface area contributed by atoms with Crippen LogP contribution in [0.25, 0.3) is 0 Å². The van der Waals surface area contributed by atoms with Gasteiger partial charge in [0.1, 0.15) is 0 Å². The summed E-state index contributed by atoms with van der Waals surface area (Å²) >= 11 is 5.90. The monoisotopic (exact) mass is 470 g/mol. The van der Waals surface area contributed by atoms with Gasteiger partial charge in [-0.25, -0.2) is 13.1 Å². The fraction of sp³-hybridized carbons (Fsp3) is 0.292. The third-order valence-corrected chi connectivity index (χ3v) is 7.45. The lowest BCUT2D eigenvalue weighted by atomic mass is 10.1. The van der Waals surface area contributed by atoms with E-state index in [0.717, 1.165) is 38.3 Å². The Labute approximate surface area is 194 Å². The van der Waals surface area contributed by atoms with E-state index in [1.165, 1.54) is 17.7 Å². The molecule has 4 rings (SSSR count). The maximum Gasteiger partial charge on any atom is 0.240 e. The van der Waals surface area contributed by atoms with Gasteiger partial charge in [0, 0.05) is 62.7 Å². The third-order valence-electron chi connectivity index (χ3n) is 5.76. The predicted octanol–water partition coefficient (Wildman–Crippen LogP) is 3.57. The number of nitrogens with one attached hydrogen (secondary N) is 1. The second kappa shape index (κ2) is 10.6. The van der Waals surface area contributed by atoms with Crippen molar-refractivity contribution in [1.82, 2.24) is 19.5 Å². The molecule has 0 amide bonds. The largest absolute Gasteiger partial charge is 0.297 e. The van der Waals surface area contributed by atoms with Crippen LogP contribution in [-0.4, -0.2) is 55.9 Å². The topological polar surface area (TPSA) is 65.5 Å². The number of sulfonamides is 1. The highest BCUT2D eigenvalue weighted by molar-refractivity contribution is 7.89. The summed E-state index contributed by atoms with van der Waals surface area (Å²) in [5.74, 6) is 0. The van der Waals surface area contributed by atoms with Crippen molar-refractivity contribution in [2.45, 2.75) is 17.5 Å². The molecule has 1 aliphatic heterocycles. The minimum absolute atomic E-state index is 0.0929. The van der Waals surface area contributed by atoms with E-state index in [4.69, 9.17) is 11.6 Å². The van der Waals surface area contributed by atoms with E-state index in [1.54, 1.807) is 18.3 Å². The Morgan fingerprint density at radius 1 is 0.938 bits per heavy atom. The number of hydrogen-bond acceptors (Lipinski definition) is 5. The van der Waals surface area contributed by atoms with Crippen LogP contribution in [0.2, 0.25) is 5.02 Å². The first-order chi connectivity index (χ1) is 15.5. The fourth-order valence-corrected chi connectivity index (χ4v) is 5.16. The van der Waals surface area contributed by atoms with Gasteiger partial charge < -0.3 is 0 Å². The zero-order valence-corrected chi connectivity index (χ0v) is 19.3. The minimum atomic E-state index is -3.64. The molecule has 2 heterocycles. The van der Waals surface area contributed by atoms with Gasteiger partial charge in [0.25, 0.3) is 0 Å². The summed E-state index contributed by atoms with van der Waals surface area (Å²) in [6, 6.07) is 20.5. The molecule has 2 aromatic carbocycles. The molecule has 0 aliphatic carbocycles. The molecule has 1 aromatic heterocycles. The van der Waals surface area contributed by atoms with Crippen molar-refractivity contribution in [1.29, 1.82) is 0 Å². The Bertz CT molecular complexity index is 1090. The van der Waals surface area contributed by atoms with Gasteiger partial charge in [-0.1, -0.05) is 48.0 Å². The molecule has 1 aliphatic rings. The minimum Gasteiger partial charge on any atom is -0.297 e. The van der Waals surface area contributed by atoms with Crippen molar-refractivity contribution >= 4 is 21.6 Å². The summed E-state index contributed by atoms with van der Waals surface area (Å²) < 4.78 is 28.4. The highest BCUT2D eigenvalue weighted by Gasteiger charge is 2.27. The van der Waals surface area contributed by atoms with Gasteiger partial charge in [-0.05, 0) is 41.5 Å². The molecule has 0 spiro atoms. The van der Waals surface area contributed by atoms with E-state index < -0.39 is 10.0 Å². The van der Waals surface area contributed by atoms with Crippen LogP contribution in [0.3, 0.4) is 0 Å². The van der Waals surface area contributed by atoms with Gasteiger partial charge in [0.15, 0.2) is 0 Å². The van der Waals surface area contributed by atoms with E-state index in [0.29, 0.717) is 5.02 Å². The van der Waals surface area contributed by atoms with E-state index in [-0.39, 0.29) is 17.5 Å². The maximum atomic E-state index is 12.8. The molecule has 1 saturated heterocycles. The SMILES string of the molecule is O=S(=O)(NC[C@H](c1cccnc1)N1CCN(Cc2ccccc2)CC1)c1ccc(Cl)cc1. The van der Waals surface area contributed by atoms with Crippen LogP contribution in [0, 0.1) is 0 Å². The van der Waals surface area contributed by atoms with Crippen LogP contribution >= 0.6 is 11.6 Å². The lowest BCUT2D eigenvalue weighted by Crippen LogP contribution is -2.49. The van der Waals surface area contributed by atoms with Crippen LogP contribution in [0.5, 0.6) is 0 Å². The Hall–Kier alpha value is -2.29. The molecule has 6 nitrogen and oxygen atoms in total. The Morgan fingerprint density at radius 2 is 1.66 bits per heavy atom. The van der Waals surface area contributed by atoms with Gasteiger partial charge in [-0.3, -0.25) is 14.8 Å². The van der Waals surface area contributed by atoms with Crippen molar-refractivity contribution in [3.8, 4) is 0 Å². The standard InChI is InChI=1S/C24H27ClN4O2S/c25-22-8-10-23(11-9-22)32(30,31)27-18-24(21-7-4-12-26-17-21)29-15-13-28(14-16-29)19-20-5-2-1-3-6-20/h1-12,17,24,27H,13-16,18-19H2/t24-/m1/s1. The van der Waals surface area contributed by atoms with Crippen LogP contribution < -0.4 is 4.72 Å². The fourth-order valence-electron chi connectivity index (χ4n) is 3.99. The summed E-state index contributed by atoms with van der Waals surface area (Å²) in [5, 5.41) is 0.505. The highest BCUT2D eigenvalue weighted by atomic mass is 35.5. The van der Waals surface area contributed by atoms with Crippen molar-refractivity contribution in [3.05, 3.63) is 95.3 Å². The summed E-state index contributed by atoms with van der Waals surface area (Å²) in [6.45, 7) is 4.76. The van der Waals surface area contributed by atoms with Crippen LogP contribution in [0.15, 0.2) is 84.0 Å². The molecule has 168 valence electrons. The first-order valence-electron chi connectivity index (χ1n) is 10.7. The summed E-state index contributed by atoms with van der Waals surface area (Å²) in [6.07, 6.45) is 3.55. The number of hydrogen-bond donors (Lipinski definition) is 1. The van der Waals surface area contributed by atoms with Crippen molar-refractivity contribution < 1.29 is 8.42 Å². The van der Waals surface area contributed by atoms with Crippen molar-refractivity contribution in [3.63, 3.8) is 0 Å². The lowest BCUT2D eigenvalue weighted by Gasteiger charge is -2.39. The number of pyridine rings is 1. The average molecular weight is 471 g/mol. The van der Waals surface area contributed by atoms with E-state index in [2.05, 4.69) is 43.8 Å². The number of halogens is 1. The molecular weight excluding hydrogens is 444 g/mol. The van der Waals surface area contributed by atoms with Crippen LogP contribution in [0.1, 0.15) is 17.2 Å². The van der Waals surface area contributed by atoms with E-state index >= 15 is 0 Å². The molecule has 0 radical (unpaired) electrons. The Balaban J connectivity index is 1.43. The second-order valence-corrected chi connectivity index (χ2v) is 10.1. The lowest BCUT2D eigenvalue weighted by molar-refractivity contribution is 0.0927. The zero-order chi connectivity index (χ0) is 22.4. The zero-order valence-electron chi connectivity index (χ0n) is 17.8. The highest BCUT2D eigenvalue weighted by Crippen LogP contribution is 2.23. The Morgan fingerprint density at radius 3 is 2.31 bits per heavy atom. The van der Waals surface area contributed by atoms with Gasteiger partial charge in [0.2, 0.25) is 10.0 Å². The molecule has 0 unspecified atom stereocenters. The average Bonchev–Trinajstić information content (AvgIpc) is 2.82. The number of piperazine rings is 1. The molecular formula is C24H27ClN4O2S. The maximum absolute atomic E-state index is 12.8. The van der Waals surface area contributed by atoms with Crippen molar-refractivity contribution in [2.24, 2.45) is 0 Å². The first-order valence-corrected chi connectivity index (χ1v) is 12.5. The van der Waals surface area contributed by atoms with Gasteiger partial charge in [-0.15, -0.1) is 0 Å². The molecule has 0 bridgehead atoms. The third kappa shape index (κ3) is 5.94. The predicted molar refractivity (Wildman–Crippen MR) is 127 cm³/mol. The summed E-state index contributed by atoms with van der Waals surface area (Å²) in [7, 11) is -3.64. The molecule has 0 saturated carbocycles. The Kier molecular flexibility index (Phi) is 7.55. The summed E-state index contributed by atoms with van der Waals surface area (Å²) in [4.78, 5) is 9.23. The van der Waals surface area contributed by atoms with Gasteiger partial charge in [0.05, 0.1) is 4.90 Å². The first kappa shape index (κ1) is 22.9. The second-order valence-electron chi connectivity index (χ2n) is 7.91. The molecule has 1 fully saturated rings. The van der Waals surface area contributed by atoms with Gasteiger partial charge >= 0.3 is 0 Å². The van der Waals surface area contributed by atoms with Crippen LogP contribution in [0.4, 0.5) is 0 Å². The molecule has 1 atom stereocenters. The summed E-state index contributed by atoms with van der Waals surface area (Å²) in [5.41, 5.74) is 2.31. The molecule has 32 heavy (non-hydrogen) atoms. The number of nitrogens with zero attached hydrogens (tertiary/aromatic N) is 3. The van der Waals surface area contributed by atoms with Crippen LogP contribution in [-0.2, 0) is 16.6 Å². The molecule has 3 aromatic rings. The number of rotatable bonds is 8. The van der Waals surface area contributed by atoms with E-state index in [9.17, 15) is 8.42 Å². The molecule has 1 N–H and O–H groups in total. The quantitative estimate of drug-likeness (QED) is 0.545.